The number of rotatable bonds is 5. The first-order valence-electron chi connectivity index (χ1n) is 6.16. The fourth-order valence-electron chi connectivity index (χ4n) is 1.80. The number of hydrogen-bond donors (Lipinski definition) is 1. The van der Waals surface area contributed by atoms with Crippen molar-refractivity contribution in [2.45, 2.75) is 11.8 Å². The molecular formula is C16H16O2S. The van der Waals surface area contributed by atoms with Crippen LogP contribution in [0.15, 0.2) is 53.4 Å². The van der Waals surface area contributed by atoms with E-state index < -0.39 is 0 Å². The summed E-state index contributed by atoms with van der Waals surface area (Å²) in [6, 6.07) is 15.1. The lowest BCUT2D eigenvalue weighted by atomic mass is 10.0. The number of ketones is 1. The van der Waals surface area contributed by atoms with Gasteiger partial charge >= 0.3 is 0 Å². The summed E-state index contributed by atoms with van der Waals surface area (Å²) < 4.78 is 0. The second-order valence-electron chi connectivity index (χ2n) is 4.26. The molecule has 0 spiro atoms. The standard InChI is InChI=1S/C16H16O2S/c1-12-6-8-13(9-7-12)16(18)14-4-2-3-5-15(14)19-11-10-17/h2-9,17H,10-11H2,1H3. The fraction of sp³-hybridized carbons (Fsp3) is 0.188. The summed E-state index contributed by atoms with van der Waals surface area (Å²) in [7, 11) is 0. The van der Waals surface area contributed by atoms with Gasteiger partial charge in [0, 0.05) is 21.8 Å². The SMILES string of the molecule is Cc1ccc(C(=O)c2ccccc2SCCO)cc1. The summed E-state index contributed by atoms with van der Waals surface area (Å²) in [5.41, 5.74) is 2.53. The first kappa shape index (κ1) is 13.8. The number of carbonyl (C=O) groups excluding carboxylic acids is 1. The monoisotopic (exact) mass is 272 g/mol. The molecule has 2 aromatic rings. The lowest BCUT2D eigenvalue weighted by Gasteiger charge is -2.08. The number of aliphatic hydroxyl groups excluding tert-OH is 1. The van der Waals surface area contributed by atoms with Gasteiger partial charge in [-0.25, -0.2) is 0 Å². The van der Waals surface area contributed by atoms with Crippen molar-refractivity contribution in [3.8, 4) is 0 Å². The molecule has 0 atom stereocenters. The van der Waals surface area contributed by atoms with Gasteiger partial charge in [-0.15, -0.1) is 11.8 Å². The van der Waals surface area contributed by atoms with E-state index in [0.29, 0.717) is 16.9 Å². The highest BCUT2D eigenvalue weighted by Crippen LogP contribution is 2.24. The number of benzene rings is 2. The van der Waals surface area contributed by atoms with Gasteiger partial charge in [0.15, 0.2) is 5.78 Å². The largest absolute Gasteiger partial charge is 0.396 e. The fourth-order valence-corrected chi connectivity index (χ4v) is 2.60. The Kier molecular flexibility index (Phi) is 4.77. The first-order valence-corrected chi connectivity index (χ1v) is 7.15. The van der Waals surface area contributed by atoms with Crippen LogP contribution in [0.25, 0.3) is 0 Å². The van der Waals surface area contributed by atoms with Gasteiger partial charge in [-0.3, -0.25) is 4.79 Å². The molecule has 0 aliphatic carbocycles. The molecule has 0 radical (unpaired) electrons. The molecule has 98 valence electrons. The summed E-state index contributed by atoms with van der Waals surface area (Å²) in [6.45, 7) is 2.11. The van der Waals surface area contributed by atoms with Crippen molar-refractivity contribution in [2.24, 2.45) is 0 Å². The van der Waals surface area contributed by atoms with Crippen LogP contribution in [0.4, 0.5) is 0 Å². The Morgan fingerprint density at radius 3 is 2.47 bits per heavy atom. The minimum atomic E-state index is 0.0287. The van der Waals surface area contributed by atoms with Crippen LogP contribution in [0.2, 0.25) is 0 Å². The van der Waals surface area contributed by atoms with E-state index in [2.05, 4.69) is 0 Å². The van der Waals surface area contributed by atoms with Gasteiger partial charge in [0.2, 0.25) is 0 Å². The third-order valence-corrected chi connectivity index (χ3v) is 3.85. The van der Waals surface area contributed by atoms with E-state index in [1.165, 1.54) is 11.8 Å². The maximum Gasteiger partial charge on any atom is 0.194 e. The van der Waals surface area contributed by atoms with E-state index in [0.717, 1.165) is 10.5 Å². The van der Waals surface area contributed by atoms with Crippen molar-refractivity contribution in [3.05, 3.63) is 65.2 Å². The Balaban J connectivity index is 2.30. The lowest BCUT2D eigenvalue weighted by Crippen LogP contribution is -2.03. The van der Waals surface area contributed by atoms with E-state index in [1.54, 1.807) is 0 Å². The Bertz CT molecular complexity index is 561. The number of thioether (sulfide) groups is 1. The quantitative estimate of drug-likeness (QED) is 0.670. The van der Waals surface area contributed by atoms with Gasteiger partial charge in [-0.05, 0) is 19.1 Å². The molecular weight excluding hydrogens is 256 g/mol. The smallest absolute Gasteiger partial charge is 0.194 e. The number of carbonyl (C=O) groups is 1. The van der Waals surface area contributed by atoms with E-state index in [-0.39, 0.29) is 12.4 Å². The predicted octanol–water partition coefficient (Wildman–Crippen LogP) is 3.31. The van der Waals surface area contributed by atoms with Crippen molar-refractivity contribution in [1.82, 2.24) is 0 Å². The molecule has 1 N–H and O–H groups in total. The van der Waals surface area contributed by atoms with Gasteiger partial charge in [-0.2, -0.15) is 0 Å². The van der Waals surface area contributed by atoms with E-state index in [1.807, 2.05) is 55.5 Å². The summed E-state index contributed by atoms with van der Waals surface area (Å²) in [5.74, 6) is 0.624. The van der Waals surface area contributed by atoms with Gasteiger partial charge in [0.1, 0.15) is 0 Å². The highest BCUT2D eigenvalue weighted by Gasteiger charge is 2.13. The molecule has 0 aromatic heterocycles. The predicted molar refractivity (Wildman–Crippen MR) is 78.9 cm³/mol. The van der Waals surface area contributed by atoms with Crippen LogP contribution in [-0.4, -0.2) is 23.2 Å². The van der Waals surface area contributed by atoms with E-state index in [9.17, 15) is 4.79 Å². The molecule has 0 amide bonds. The Labute approximate surface area is 117 Å². The molecule has 2 nitrogen and oxygen atoms in total. The molecule has 0 saturated heterocycles. The molecule has 3 heteroatoms. The number of hydrogen-bond acceptors (Lipinski definition) is 3. The molecule has 2 aromatic carbocycles. The average Bonchev–Trinajstić information content (AvgIpc) is 2.45. The topological polar surface area (TPSA) is 37.3 Å². The third kappa shape index (κ3) is 3.46. The van der Waals surface area contributed by atoms with Crippen molar-refractivity contribution < 1.29 is 9.90 Å². The number of aliphatic hydroxyl groups is 1. The van der Waals surface area contributed by atoms with Crippen LogP contribution in [0, 0.1) is 6.92 Å². The zero-order valence-electron chi connectivity index (χ0n) is 10.8. The Morgan fingerprint density at radius 2 is 1.79 bits per heavy atom. The summed E-state index contributed by atoms with van der Waals surface area (Å²) in [5, 5.41) is 8.90. The van der Waals surface area contributed by atoms with Crippen molar-refractivity contribution >= 4 is 17.5 Å². The second kappa shape index (κ2) is 6.55. The van der Waals surface area contributed by atoms with Crippen LogP contribution in [0.1, 0.15) is 21.5 Å². The van der Waals surface area contributed by atoms with Crippen molar-refractivity contribution in [3.63, 3.8) is 0 Å². The van der Waals surface area contributed by atoms with Crippen LogP contribution in [0.3, 0.4) is 0 Å². The molecule has 0 bridgehead atoms. The second-order valence-corrected chi connectivity index (χ2v) is 5.40. The Hall–Kier alpha value is -1.58. The number of aryl methyl sites for hydroxylation is 1. The van der Waals surface area contributed by atoms with Gasteiger partial charge < -0.3 is 5.11 Å². The molecule has 0 saturated carbocycles. The highest BCUT2D eigenvalue weighted by atomic mass is 32.2. The summed E-state index contributed by atoms with van der Waals surface area (Å²) in [6.07, 6.45) is 0. The maximum atomic E-state index is 12.5. The molecule has 0 unspecified atom stereocenters. The molecule has 0 fully saturated rings. The average molecular weight is 272 g/mol. The van der Waals surface area contributed by atoms with Crippen LogP contribution in [0.5, 0.6) is 0 Å². The Morgan fingerprint density at radius 1 is 1.11 bits per heavy atom. The van der Waals surface area contributed by atoms with Crippen molar-refractivity contribution in [2.75, 3.05) is 12.4 Å². The van der Waals surface area contributed by atoms with Crippen LogP contribution < -0.4 is 0 Å². The molecule has 0 aliphatic rings. The minimum absolute atomic E-state index is 0.0287. The van der Waals surface area contributed by atoms with Gasteiger partial charge in [0.05, 0.1) is 6.61 Å². The lowest BCUT2D eigenvalue weighted by molar-refractivity contribution is 0.103. The molecule has 2 rings (SSSR count). The van der Waals surface area contributed by atoms with Gasteiger partial charge in [-0.1, -0.05) is 42.0 Å². The van der Waals surface area contributed by atoms with E-state index in [4.69, 9.17) is 5.11 Å². The van der Waals surface area contributed by atoms with Crippen LogP contribution in [-0.2, 0) is 0 Å². The molecule has 0 heterocycles. The van der Waals surface area contributed by atoms with Crippen LogP contribution >= 0.6 is 11.8 Å². The zero-order valence-corrected chi connectivity index (χ0v) is 11.6. The highest BCUT2D eigenvalue weighted by molar-refractivity contribution is 7.99. The molecule has 19 heavy (non-hydrogen) atoms. The zero-order chi connectivity index (χ0) is 13.7. The summed E-state index contributed by atoms with van der Waals surface area (Å²) >= 11 is 1.50. The van der Waals surface area contributed by atoms with Crippen molar-refractivity contribution in [1.29, 1.82) is 0 Å². The normalized spacial score (nSPS) is 10.4. The summed E-state index contributed by atoms with van der Waals surface area (Å²) in [4.78, 5) is 13.4. The molecule has 0 aliphatic heterocycles. The maximum absolute atomic E-state index is 12.5. The van der Waals surface area contributed by atoms with E-state index >= 15 is 0 Å². The first-order chi connectivity index (χ1) is 9.22. The van der Waals surface area contributed by atoms with Gasteiger partial charge in [0.25, 0.3) is 0 Å². The third-order valence-electron chi connectivity index (χ3n) is 2.79. The minimum Gasteiger partial charge on any atom is -0.396 e.